The predicted octanol–water partition coefficient (Wildman–Crippen LogP) is 1.71. The van der Waals surface area contributed by atoms with Crippen molar-refractivity contribution in [3.63, 3.8) is 0 Å². The molecule has 0 atom stereocenters. The van der Waals surface area contributed by atoms with Gasteiger partial charge in [-0.05, 0) is 42.3 Å². The van der Waals surface area contributed by atoms with Crippen LogP contribution in [-0.4, -0.2) is 59.7 Å². The molecule has 8 heteroatoms. The first-order valence-corrected chi connectivity index (χ1v) is 9.50. The lowest BCUT2D eigenvalue weighted by Gasteiger charge is -2.34. The summed E-state index contributed by atoms with van der Waals surface area (Å²) in [6, 6.07) is 10.8. The molecule has 0 bridgehead atoms. The SMILES string of the molecule is Cc1ccc(NC(=O)C(=O)N2CCN(Cc3ccc4c(c3)OCO4)CC2)c(O)c1. The zero-order valence-corrected chi connectivity index (χ0v) is 16.2. The number of carbonyl (C=O) groups excluding carboxylic acids is 2. The summed E-state index contributed by atoms with van der Waals surface area (Å²) in [7, 11) is 0. The number of nitrogens with one attached hydrogen (secondary N) is 1. The summed E-state index contributed by atoms with van der Waals surface area (Å²) in [4.78, 5) is 28.5. The van der Waals surface area contributed by atoms with Gasteiger partial charge in [0.1, 0.15) is 5.75 Å². The van der Waals surface area contributed by atoms with Gasteiger partial charge in [0.2, 0.25) is 6.79 Å². The molecule has 2 aliphatic rings. The van der Waals surface area contributed by atoms with Gasteiger partial charge in [0.05, 0.1) is 5.69 Å². The van der Waals surface area contributed by atoms with Crippen molar-refractivity contribution in [3.8, 4) is 17.2 Å². The van der Waals surface area contributed by atoms with Crippen molar-refractivity contribution in [1.29, 1.82) is 0 Å². The number of aryl methyl sites for hydroxylation is 1. The first kappa shape index (κ1) is 19.1. The molecule has 2 aromatic carbocycles. The smallest absolute Gasteiger partial charge is 0.314 e. The summed E-state index contributed by atoms with van der Waals surface area (Å²) in [5, 5.41) is 12.4. The third kappa shape index (κ3) is 4.27. The molecule has 2 N–H and O–H groups in total. The number of carbonyl (C=O) groups is 2. The van der Waals surface area contributed by atoms with Crippen LogP contribution in [0, 0.1) is 6.92 Å². The molecule has 4 rings (SSSR count). The Kier molecular flexibility index (Phi) is 5.26. The number of rotatable bonds is 3. The van der Waals surface area contributed by atoms with E-state index < -0.39 is 11.8 Å². The van der Waals surface area contributed by atoms with Crippen LogP contribution in [0.2, 0.25) is 0 Å². The molecule has 8 nitrogen and oxygen atoms in total. The van der Waals surface area contributed by atoms with Crippen LogP contribution < -0.4 is 14.8 Å². The first-order valence-electron chi connectivity index (χ1n) is 9.50. The second kappa shape index (κ2) is 8.00. The average Bonchev–Trinajstić information content (AvgIpc) is 3.18. The predicted molar refractivity (Wildman–Crippen MR) is 106 cm³/mol. The number of nitrogens with zero attached hydrogens (tertiary/aromatic N) is 2. The van der Waals surface area contributed by atoms with E-state index in [2.05, 4.69) is 10.2 Å². The molecule has 29 heavy (non-hydrogen) atoms. The molecule has 2 aliphatic heterocycles. The Hall–Kier alpha value is -3.26. The van der Waals surface area contributed by atoms with Crippen LogP contribution in [0.4, 0.5) is 5.69 Å². The Balaban J connectivity index is 1.29. The van der Waals surface area contributed by atoms with Crippen LogP contribution in [0.5, 0.6) is 17.2 Å². The van der Waals surface area contributed by atoms with Gasteiger partial charge in [0.25, 0.3) is 0 Å². The average molecular weight is 397 g/mol. The van der Waals surface area contributed by atoms with Gasteiger partial charge in [-0.3, -0.25) is 14.5 Å². The summed E-state index contributed by atoms with van der Waals surface area (Å²) >= 11 is 0. The number of hydrogen-bond donors (Lipinski definition) is 2. The van der Waals surface area contributed by atoms with Crippen molar-refractivity contribution in [2.24, 2.45) is 0 Å². The van der Waals surface area contributed by atoms with Gasteiger partial charge < -0.3 is 24.8 Å². The van der Waals surface area contributed by atoms with E-state index in [-0.39, 0.29) is 18.2 Å². The lowest BCUT2D eigenvalue weighted by atomic mass is 10.1. The van der Waals surface area contributed by atoms with Crippen LogP contribution in [0.1, 0.15) is 11.1 Å². The third-order valence-electron chi connectivity index (χ3n) is 5.10. The number of fused-ring (bicyclic) bond motifs is 1. The number of aromatic hydroxyl groups is 1. The van der Waals surface area contributed by atoms with E-state index in [1.165, 1.54) is 11.0 Å². The Morgan fingerprint density at radius 2 is 1.79 bits per heavy atom. The highest BCUT2D eigenvalue weighted by atomic mass is 16.7. The number of benzene rings is 2. The monoisotopic (exact) mass is 397 g/mol. The van der Waals surface area contributed by atoms with E-state index >= 15 is 0 Å². The van der Waals surface area contributed by atoms with E-state index in [0.29, 0.717) is 26.2 Å². The molecule has 0 radical (unpaired) electrons. The maximum absolute atomic E-state index is 12.5. The van der Waals surface area contributed by atoms with E-state index in [9.17, 15) is 14.7 Å². The van der Waals surface area contributed by atoms with Gasteiger partial charge in [-0.2, -0.15) is 0 Å². The molecule has 152 valence electrons. The molecule has 2 aromatic rings. The topological polar surface area (TPSA) is 91.3 Å². The van der Waals surface area contributed by atoms with E-state index in [1.54, 1.807) is 12.1 Å². The molecule has 0 aliphatic carbocycles. The number of amides is 2. The molecular weight excluding hydrogens is 374 g/mol. The fraction of sp³-hybridized carbons (Fsp3) is 0.333. The third-order valence-corrected chi connectivity index (χ3v) is 5.10. The quantitative estimate of drug-likeness (QED) is 0.605. The lowest BCUT2D eigenvalue weighted by molar-refractivity contribution is -0.144. The highest BCUT2D eigenvalue weighted by Crippen LogP contribution is 2.32. The zero-order valence-electron chi connectivity index (χ0n) is 16.2. The molecule has 1 saturated heterocycles. The van der Waals surface area contributed by atoms with Gasteiger partial charge in [-0.15, -0.1) is 0 Å². The van der Waals surface area contributed by atoms with Crippen LogP contribution in [0.25, 0.3) is 0 Å². The summed E-state index contributed by atoms with van der Waals surface area (Å²) in [6.45, 7) is 5.10. The standard InChI is InChI=1S/C21H23N3O5/c1-14-2-4-16(17(25)10-14)22-20(26)21(27)24-8-6-23(7-9-24)12-15-3-5-18-19(11-15)29-13-28-18/h2-5,10-11,25H,6-9,12-13H2,1H3,(H,22,26). The number of hydrogen-bond acceptors (Lipinski definition) is 6. The summed E-state index contributed by atoms with van der Waals surface area (Å²) in [6.07, 6.45) is 0. The second-order valence-corrected chi connectivity index (χ2v) is 7.23. The van der Waals surface area contributed by atoms with E-state index in [0.717, 1.165) is 29.2 Å². The van der Waals surface area contributed by atoms with Crippen molar-refractivity contribution in [2.45, 2.75) is 13.5 Å². The van der Waals surface area contributed by atoms with Gasteiger partial charge >= 0.3 is 11.8 Å². The highest BCUT2D eigenvalue weighted by Gasteiger charge is 2.27. The molecule has 2 amide bonds. The second-order valence-electron chi connectivity index (χ2n) is 7.23. The number of ether oxygens (including phenoxy) is 2. The van der Waals surface area contributed by atoms with E-state index in [1.807, 2.05) is 25.1 Å². The van der Waals surface area contributed by atoms with Crippen LogP contribution >= 0.6 is 0 Å². The van der Waals surface area contributed by atoms with Crippen molar-refractivity contribution in [1.82, 2.24) is 9.80 Å². The summed E-state index contributed by atoms with van der Waals surface area (Å²) in [5.41, 5.74) is 2.21. The largest absolute Gasteiger partial charge is 0.506 e. The van der Waals surface area contributed by atoms with Crippen LogP contribution in [-0.2, 0) is 16.1 Å². The van der Waals surface area contributed by atoms with Crippen molar-refractivity contribution in [3.05, 3.63) is 47.5 Å². The number of phenols is 1. The fourth-order valence-electron chi connectivity index (χ4n) is 3.47. The Labute approximate surface area is 168 Å². The molecule has 0 saturated carbocycles. The maximum atomic E-state index is 12.5. The van der Waals surface area contributed by atoms with Crippen molar-refractivity contribution < 1.29 is 24.2 Å². The molecule has 0 unspecified atom stereocenters. The molecule has 2 heterocycles. The minimum Gasteiger partial charge on any atom is -0.506 e. The van der Waals surface area contributed by atoms with Gasteiger partial charge in [0, 0.05) is 32.7 Å². The minimum absolute atomic E-state index is 0.0558. The summed E-state index contributed by atoms with van der Waals surface area (Å²) < 4.78 is 10.7. The van der Waals surface area contributed by atoms with Crippen LogP contribution in [0.3, 0.4) is 0 Å². The highest BCUT2D eigenvalue weighted by molar-refractivity contribution is 6.39. The zero-order chi connectivity index (χ0) is 20.4. The Bertz CT molecular complexity index is 938. The number of piperazine rings is 1. The minimum atomic E-state index is -0.742. The van der Waals surface area contributed by atoms with Gasteiger partial charge in [-0.1, -0.05) is 12.1 Å². The molecular formula is C21H23N3O5. The number of phenolic OH excluding ortho intramolecular Hbond substituents is 1. The molecule has 1 fully saturated rings. The maximum Gasteiger partial charge on any atom is 0.314 e. The van der Waals surface area contributed by atoms with Crippen molar-refractivity contribution >= 4 is 17.5 Å². The van der Waals surface area contributed by atoms with Crippen molar-refractivity contribution in [2.75, 3.05) is 38.3 Å². The normalized spacial score (nSPS) is 16.0. The van der Waals surface area contributed by atoms with Crippen LogP contribution in [0.15, 0.2) is 36.4 Å². The Morgan fingerprint density at radius 3 is 2.55 bits per heavy atom. The summed E-state index contributed by atoms with van der Waals surface area (Å²) in [5.74, 6) is 0.128. The number of anilines is 1. The van der Waals surface area contributed by atoms with E-state index in [4.69, 9.17) is 9.47 Å². The fourth-order valence-corrected chi connectivity index (χ4v) is 3.47. The first-order chi connectivity index (χ1) is 14.0. The lowest BCUT2D eigenvalue weighted by Crippen LogP contribution is -2.51. The van der Waals surface area contributed by atoms with Gasteiger partial charge in [0.15, 0.2) is 11.5 Å². The Morgan fingerprint density at radius 1 is 1.03 bits per heavy atom. The molecule has 0 aromatic heterocycles. The van der Waals surface area contributed by atoms with Gasteiger partial charge in [-0.25, -0.2) is 0 Å². The molecule has 0 spiro atoms.